The van der Waals surface area contributed by atoms with Crippen molar-refractivity contribution in [3.8, 4) is 5.75 Å². The van der Waals surface area contributed by atoms with Crippen LogP contribution in [0.1, 0.15) is 5.56 Å². The van der Waals surface area contributed by atoms with Crippen molar-refractivity contribution >= 4 is 17.5 Å². The van der Waals surface area contributed by atoms with Crippen LogP contribution in [0, 0.1) is 6.92 Å². The second-order valence-electron chi connectivity index (χ2n) is 4.37. The molecular formula is C14H16N4O3. The minimum atomic E-state index is -0.361. The number of anilines is 1. The van der Waals surface area contributed by atoms with Crippen LogP contribution in [0.5, 0.6) is 5.75 Å². The van der Waals surface area contributed by atoms with Crippen LogP contribution in [0.25, 0.3) is 0 Å². The number of benzene rings is 1. The van der Waals surface area contributed by atoms with Gasteiger partial charge in [-0.25, -0.2) is 0 Å². The fourth-order valence-electron chi connectivity index (χ4n) is 1.62. The summed E-state index contributed by atoms with van der Waals surface area (Å²) in [6, 6.07) is 7.40. The van der Waals surface area contributed by atoms with Gasteiger partial charge in [0, 0.05) is 6.20 Å². The van der Waals surface area contributed by atoms with E-state index in [1.807, 2.05) is 25.1 Å². The third-order valence-corrected chi connectivity index (χ3v) is 2.68. The normalized spacial score (nSPS) is 9.95. The summed E-state index contributed by atoms with van der Waals surface area (Å²) in [5.74, 6) is -0.0447. The molecule has 0 bridgehead atoms. The summed E-state index contributed by atoms with van der Waals surface area (Å²) in [5, 5.41) is 11.3. The zero-order chi connectivity index (χ0) is 15.1. The largest absolute Gasteiger partial charge is 0.484 e. The molecule has 0 spiro atoms. The van der Waals surface area contributed by atoms with Crippen LogP contribution in [-0.4, -0.2) is 35.2 Å². The highest BCUT2D eigenvalue weighted by Crippen LogP contribution is 2.15. The molecular weight excluding hydrogens is 272 g/mol. The van der Waals surface area contributed by atoms with E-state index in [0.717, 1.165) is 5.56 Å². The standard InChI is InChI=1S/C14H16N4O3/c1-10-4-2-3-5-12(10)21-9-14(20)15-8-13(19)18-11-6-16-17-7-11/h2-7H,8-9H2,1H3,(H,15,20)(H,16,17)(H,18,19). The van der Waals surface area contributed by atoms with Gasteiger partial charge < -0.3 is 15.4 Å². The monoisotopic (exact) mass is 288 g/mol. The number of carbonyl (C=O) groups is 2. The second kappa shape index (κ2) is 7.09. The van der Waals surface area contributed by atoms with E-state index in [1.165, 1.54) is 6.20 Å². The SMILES string of the molecule is Cc1ccccc1OCC(=O)NCC(=O)Nc1cn[nH]c1. The molecule has 1 heterocycles. The summed E-state index contributed by atoms with van der Waals surface area (Å²) < 4.78 is 5.38. The Bertz CT molecular complexity index is 610. The lowest BCUT2D eigenvalue weighted by atomic mass is 10.2. The Labute approximate surface area is 121 Å². The van der Waals surface area contributed by atoms with Crippen molar-refractivity contribution < 1.29 is 14.3 Å². The van der Waals surface area contributed by atoms with Gasteiger partial charge in [0.1, 0.15) is 5.75 Å². The van der Waals surface area contributed by atoms with E-state index < -0.39 is 0 Å². The number of H-pyrrole nitrogens is 1. The van der Waals surface area contributed by atoms with Gasteiger partial charge in [-0.1, -0.05) is 18.2 Å². The Hall–Kier alpha value is -2.83. The lowest BCUT2D eigenvalue weighted by Gasteiger charge is -2.09. The molecule has 3 N–H and O–H groups in total. The lowest BCUT2D eigenvalue weighted by molar-refractivity contribution is -0.125. The number of amides is 2. The minimum Gasteiger partial charge on any atom is -0.484 e. The molecule has 2 amide bonds. The number of ether oxygens (including phenoxy) is 1. The molecule has 1 aromatic carbocycles. The zero-order valence-electron chi connectivity index (χ0n) is 11.6. The summed E-state index contributed by atoms with van der Waals surface area (Å²) in [5.41, 5.74) is 1.49. The molecule has 0 aliphatic rings. The molecule has 21 heavy (non-hydrogen) atoms. The van der Waals surface area contributed by atoms with Gasteiger partial charge in [-0.3, -0.25) is 14.7 Å². The van der Waals surface area contributed by atoms with Crippen molar-refractivity contribution in [3.05, 3.63) is 42.2 Å². The Kier molecular flexibility index (Phi) is 4.92. The van der Waals surface area contributed by atoms with E-state index in [9.17, 15) is 9.59 Å². The van der Waals surface area contributed by atoms with Crippen molar-refractivity contribution in [2.24, 2.45) is 0 Å². The summed E-state index contributed by atoms with van der Waals surface area (Å²) in [7, 11) is 0. The molecule has 110 valence electrons. The topological polar surface area (TPSA) is 96.1 Å². The van der Waals surface area contributed by atoms with Gasteiger partial charge in [-0.05, 0) is 18.6 Å². The van der Waals surface area contributed by atoms with E-state index >= 15 is 0 Å². The maximum atomic E-state index is 11.6. The predicted molar refractivity (Wildman–Crippen MR) is 76.9 cm³/mol. The maximum absolute atomic E-state index is 11.6. The van der Waals surface area contributed by atoms with E-state index in [2.05, 4.69) is 20.8 Å². The molecule has 0 fully saturated rings. The van der Waals surface area contributed by atoms with Gasteiger partial charge in [0.2, 0.25) is 5.91 Å². The average Bonchev–Trinajstić information content (AvgIpc) is 2.97. The molecule has 1 aromatic heterocycles. The number of para-hydroxylation sites is 1. The number of aromatic nitrogens is 2. The van der Waals surface area contributed by atoms with Gasteiger partial charge in [0.05, 0.1) is 18.4 Å². The summed E-state index contributed by atoms with van der Waals surface area (Å²) in [4.78, 5) is 23.1. The molecule has 0 radical (unpaired) electrons. The molecule has 2 rings (SSSR count). The molecule has 0 atom stereocenters. The highest BCUT2D eigenvalue weighted by molar-refractivity contribution is 5.94. The van der Waals surface area contributed by atoms with E-state index in [1.54, 1.807) is 12.3 Å². The third-order valence-electron chi connectivity index (χ3n) is 2.68. The fraction of sp³-hybridized carbons (Fsp3) is 0.214. The highest BCUT2D eigenvalue weighted by Gasteiger charge is 2.07. The van der Waals surface area contributed by atoms with Crippen molar-refractivity contribution in [3.63, 3.8) is 0 Å². The molecule has 7 nitrogen and oxygen atoms in total. The first kappa shape index (κ1) is 14.6. The number of rotatable bonds is 6. The molecule has 0 aliphatic heterocycles. The average molecular weight is 288 g/mol. The van der Waals surface area contributed by atoms with E-state index in [4.69, 9.17) is 4.74 Å². The Balaban J connectivity index is 1.70. The Morgan fingerprint density at radius 3 is 2.81 bits per heavy atom. The first-order valence-electron chi connectivity index (χ1n) is 6.39. The summed E-state index contributed by atoms with van der Waals surface area (Å²) in [6.45, 7) is 1.64. The number of hydrogen-bond acceptors (Lipinski definition) is 4. The zero-order valence-corrected chi connectivity index (χ0v) is 11.6. The molecule has 2 aromatic rings. The van der Waals surface area contributed by atoms with Crippen molar-refractivity contribution in [1.29, 1.82) is 0 Å². The van der Waals surface area contributed by atoms with Crippen LogP contribution in [0.15, 0.2) is 36.7 Å². The molecule has 0 unspecified atom stereocenters. The van der Waals surface area contributed by atoms with Crippen LogP contribution in [-0.2, 0) is 9.59 Å². The Morgan fingerprint density at radius 2 is 2.10 bits per heavy atom. The minimum absolute atomic E-state index is 0.124. The number of hydrogen-bond donors (Lipinski definition) is 3. The van der Waals surface area contributed by atoms with Crippen LogP contribution >= 0.6 is 0 Å². The summed E-state index contributed by atoms with van der Waals surface area (Å²) in [6.07, 6.45) is 3.02. The van der Waals surface area contributed by atoms with Crippen LogP contribution in [0.3, 0.4) is 0 Å². The number of carbonyl (C=O) groups excluding carboxylic acids is 2. The van der Waals surface area contributed by atoms with Crippen LogP contribution < -0.4 is 15.4 Å². The molecule has 0 saturated heterocycles. The molecule has 0 aliphatic carbocycles. The quantitative estimate of drug-likeness (QED) is 0.734. The molecule has 0 saturated carbocycles. The maximum Gasteiger partial charge on any atom is 0.258 e. The highest BCUT2D eigenvalue weighted by atomic mass is 16.5. The van der Waals surface area contributed by atoms with Gasteiger partial charge in [0.25, 0.3) is 5.91 Å². The van der Waals surface area contributed by atoms with Crippen molar-refractivity contribution in [2.45, 2.75) is 6.92 Å². The smallest absolute Gasteiger partial charge is 0.258 e. The fourth-order valence-corrected chi connectivity index (χ4v) is 1.62. The van der Waals surface area contributed by atoms with Gasteiger partial charge >= 0.3 is 0 Å². The lowest BCUT2D eigenvalue weighted by Crippen LogP contribution is -2.35. The van der Waals surface area contributed by atoms with Gasteiger partial charge in [-0.15, -0.1) is 0 Å². The van der Waals surface area contributed by atoms with Crippen LogP contribution in [0.4, 0.5) is 5.69 Å². The Morgan fingerprint density at radius 1 is 1.29 bits per heavy atom. The van der Waals surface area contributed by atoms with Crippen molar-refractivity contribution in [2.75, 3.05) is 18.5 Å². The second-order valence-corrected chi connectivity index (χ2v) is 4.37. The van der Waals surface area contributed by atoms with Gasteiger partial charge in [0.15, 0.2) is 6.61 Å². The number of nitrogens with one attached hydrogen (secondary N) is 3. The first-order valence-corrected chi connectivity index (χ1v) is 6.39. The number of aryl methyl sites for hydroxylation is 1. The number of nitrogens with zero attached hydrogens (tertiary/aromatic N) is 1. The van der Waals surface area contributed by atoms with Gasteiger partial charge in [-0.2, -0.15) is 5.10 Å². The van der Waals surface area contributed by atoms with Crippen molar-refractivity contribution in [1.82, 2.24) is 15.5 Å². The predicted octanol–water partition coefficient (Wildman–Crippen LogP) is 0.852. The first-order chi connectivity index (χ1) is 10.1. The van der Waals surface area contributed by atoms with E-state index in [-0.39, 0.29) is 25.0 Å². The number of aromatic amines is 1. The summed E-state index contributed by atoms with van der Waals surface area (Å²) >= 11 is 0. The molecule has 7 heteroatoms. The third kappa shape index (κ3) is 4.64. The van der Waals surface area contributed by atoms with E-state index in [0.29, 0.717) is 11.4 Å². The van der Waals surface area contributed by atoms with Crippen LogP contribution in [0.2, 0.25) is 0 Å².